The van der Waals surface area contributed by atoms with E-state index in [1.165, 1.54) is 38.5 Å². The average molecular weight is 283 g/mol. The summed E-state index contributed by atoms with van der Waals surface area (Å²) in [6, 6.07) is 5.80. The Morgan fingerprint density at radius 1 is 1.05 bits per heavy atom. The standard InChI is InChI=1S/C17H27ClO/c1-3-4-5-6-7-8-9-10-17(19)15-11-12-16(18)14(2)13-15/h11-13,17,19H,3-10H2,1-2H3. The van der Waals surface area contributed by atoms with Crippen molar-refractivity contribution in [1.82, 2.24) is 0 Å². The minimum Gasteiger partial charge on any atom is -0.388 e. The fraction of sp³-hybridized carbons (Fsp3) is 0.647. The first-order chi connectivity index (χ1) is 9.15. The van der Waals surface area contributed by atoms with E-state index in [2.05, 4.69) is 6.92 Å². The quantitative estimate of drug-likeness (QED) is 0.566. The molecule has 0 amide bonds. The molecule has 1 rings (SSSR count). The van der Waals surface area contributed by atoms with Crippen molar-refractivity contribution < 1.29 is 5.11 Å². The van der Waals surface area contributed by atoms with Gasteiger partial charge in [-0.25, -0.2) is 0 Å². The fourth-order valence-electron chi connectivity index (χ4n) is 2.34. The number of aryl methyl sites for hydroxylation is 1. The maximum atomic E-state index is 10.1. The Morgan fingerprint density at radius 2 is 1.68 bits per heavy atom. The second-order valence-corrected chi connectivity index (χ2v) is 5.84. The second-order valence-electron chi connectivity index (χ2n) is 5.43. The summed E-state index contributed by atoms with van der Waals surface area (Å²) in [5, 5.41) is 10.9. The van der Waals surface area contributed by atoms with Crippen LogP contribution in [0.15, 0.2) is 18.2 Å². The molecule has 0 radical (unpaired) electrons. The van der Waals surface area contributed by atoms with Crippen molar-refractivity contribution in [3.63, 3.8) is 0 Å². The second kappa shape index (κ2) is 9.39. The van der Waals surface area contributed by atoms with Crippen LogP contribution < -0.4 is 0 Å². The van der Waals surface area contributed by atoms with Gasteiger partial charge >= 0.3 is 0 Å². The van der Waals surface area contributed by atoms with Crippen molar-refractivity contribution in [3.05, 3.63) is 34.3 Å². The van der Waals surface area contributed by atoms with Crippen molar-refractivity contribution in [1.29, 1.82) is 0 Å². The van der Waals surface area contributed by atoms with Gasteiger partial charge in [-0.2, -0.15) is 0 Å². The summed E-state index contributed by atoms with van der Waals surface area (Å²) >= 11 is 5.99. The molecule has 1 N–H and O–H groups in total. The zero-order valence-electron chi connectivity index (χ0n) is 12.3. The highest BCUT2D eigenvalue weighted by Gasteiger charge is 2.08. The van der Waals surface area contributed by atoms with Crippen molar-refractivity contribution in [2.45, 2.75) is 71.3 Å². The lowest BCUT2D eigenvalue weighted by Crippen LogP contribution is -1.98. The summed E-state index contributed by atoms with van der Waals surface area (Å²) in [4.78, 5) is 0. The third-order valence-corrected chi connectivity index (χ3v) is 4.07. The van der Waals surface area contributed by atoms with Crippen LogP contribution in [0.25, 0.3) is 0 Å². The monoisotopic (exact) mass is 282 g/mol. The lowest BCUT2D eigenvalue weighted by Gasteiger charge is -2.12. The van der Waals surface area contributed by atoms with E-state index in [1.807, 2.05) is 25.1 Å². The average Bonchev–Trinajstić information content (AvgIpc) is 2.40. The minimum absolute atomic E-state index is 0.341. The van der Waals surface area contributed by atoms with Crippen molar-refractivity contribution in [2.75, 3.05) is 0 Å². The molecule has 0 bridgehead atoms. The van der Waals surface area contributed by atoms with E-state index in [1.54, 1.807) is 0 Å². The highest BCUT2D eigenvalue weighted by molar-refractivity contribution is 6.31. The summed E-state index contributed by atoms with van der Waals surface area (Å²) in [5.74, 6) is 0. The van der Waals surface area contributed by atoms with Crippen LogP contribution >= 0.6 is 11.6 Å². The van der Waals surface area contributed by atoms with Gasteiger partial charge in [0.2, 0.25) is 0 Å². The van der Waals surface area contributed by atoms with Gasteiger partial charge in [0.15, 0.2) is 0 Å². The molecule has 2 heteroatoms. The van der Waals surface area contributed by atoms with Crippen LogP contribution in [0.4, 0.5) is 0 Å². The number of unbranched alkanes of at least 4 members (excludes halogenated alkanes) is 6. The maximum Gasteiger partial charge on any atom is 0.0790 e. The molecule has 1 atom stereocenters. The molecule has 1 aromatic rings. The zero-order valence-corrected chi connectivity index (χ0v) is 13.0. The molecule has 0 aliphatic rings. The molecular formula is C17H27ClO. The van der Waals surface area contributed by atoms with Crippen molar-refractivity contribution >= 4 is 11.6 Å². The van der Waals surface area contributed by atoms with E-state index in [-0.39, 0.29) is 6.10 Å². The summed E-state index contributed by atoms with van der Waals surface area (Å²) < 4.78 is 0. The van der Waals surface area contributed by atoms with Crippen molar-refractivity contribution in [2.24, 2.45) is 0 Å². The van der Waals surface area contributed by atoms with E-state index < -0.39 is 0 Å². The Labute approximate surface area is 123 Å². The number of benzene rings is 1. The number of hydrogen-bond acceptors (Lipinski definition) is 1. The van der Waals surface area contributed by atoms with Crippen LogP contribution in [0.5, 0.6) is 0 Å². The smallest absolute Gasteiger partial charge is 0.0790 e. The van der Waals surface area contributed by atoms with Gasteiger partial charge in [-0.05, 0) is 30.5 Å². The summed E-state index contributed by atoms with van der Waals surface area (Å²) in [6.07, 6.45) is 9.50. The molecule has 0 heterocycles. The van der Waals surface area contributed by atoms with Gasteiger partial charge in [0.05, 0.1) is 6.10 Å². The molecule has 1 nitrogen and oxygen atoms in total. The molecule has 0 spiro atoms. The highest BCUT2D eigenvalue weighted by atomic mass is 35.5. The molecule has 108 valence electrons. The van der Waals surface area contributed by atoms with Gasteiger partial charge in [-0.3, -0.25) is 0 Å². The molecule has 1 aromatic carbocycles. The molecule has 19 heavy (non-hydrogen) atoms. The molecule has 0 saturated heterocycles. The first-order valence-corrected chi connectivity index (χ1v) is 7.97. The van der Waals surface area contributed by atoms with Crippen LogP contribution in [0.2, 0.25) is 5.02 Å². The van der Waals surface area contributed by atoms with Gasteiger partial charge in [0, 0.05) is 5.02 Å². The minimum atomic E-state index is -0.341. The SMILES string of the molecule is CCCCCCCCCC(O)c1ccc(Cl)c(C)c1. The number of aliphatic hydroxyl groups excluding tert-OH is 1. The van der Waals surface area contributed by atoms with Crippen LogP contribution in [0.1, 0.15) is 75.5 Å². The maximum absolute atomic E-state index is 10.1. The largest absolute Gasteiger partial charge is 0.388 e. The Bertz CT molecular complexity index is 362. The van der Waals surface area contributed by atoms with Crippen LogP contribution in [-0.2, 0) is 0 Å². The zero-order chi connectivity index (χ0) is 14.1. The van der Waals surface area contributed by atoms with Crippen LogP contribution in [0.3, 0.4) is 0 Å². The van der Waals surface area contributed by atoms with Crippen LogP contribution in [0, 0.1) is 6.92 Å². The van der Waals surface area contributed by atoms with Gasteiger partial charge < -0.3 is 5.11 Å². The van der Waals surface area contributed by atoms with E-state index in [4.69, 9.17) is 11.6 Å². The molecule has 0 aliphatic carbocycles. The normalized spacial score (nSPS) is 12.6. The van der Waals surface area contributed by atoms with E-state index >= 15 is 0 Å². The first kappa shape index (κ1) is 16.5. The summed E-state index contributed by atoms with van der Waals surface area (Å²) in [5.41, 5.74) is 2.03. The van der Waals surface area contributed by atoms with Gasteiger partial charge in [-0.1, -0.05) is 75.6 Å². The van der Waals surface area contributed by atoms with Gasteiger partial charge in [0.1, 0.15) is 0 Å². The molecule has 0 saturated carbocycles. The van der Waals surface area contributed by atoms with Gasteiger partial charge in [-0.15, -0.1) is 0 Å². The van der Waals surface area contributed by atoms with E-state index in [0.717, 1.165) is 29.0 Å². The Balaban J connectivity index is 2.20. The molecule has 0 aromatic heterocycles. The number of aliphatic hydroxyl groups is 1. The molecule has 1 unspecified atom stereocenters. The third kappa shape index (κ3) is 6.44. The molecular weight excluding hydrogens is 256 g/mol. The van der Waals surface area contributed by atoms with Crippen LogP contribution in [-0.4, -0.2) is 5.11 Å². The van der Waals surface area contributed by atoms with E-state index in [0.29, 0.717) is 0 Å². The summed E-state index contributed by atoms with van der Waals surface area (Å²) in [6.45, 7) is 4.22. The first-order valence-electron chi connectivity index (χ1n) is 7.59. The number of rotatable bonds is 9. The van der Waals surface area contributed by atoms with Gasteiger partial charge in [0.25, 0.3) is 0 Å². The number of halogens is 1. The Kier molecular flexibility index (Phi) is 8.16. The predicted octanol–water partition coefficient (Wildman–Crippen LogP) is 5.82. The fourth-order valence-corrected chi connectivity index (χ4v) is 2.45. The number of hydrogen-bond donors (Lipinski definition) is 1. The Morgan fingerprint density at radius 3 is 2.32 bits per heavy atom. The lowest BCUT2D eigenvalue weighted by atomic mass is 10.0. The third-order valence-electron chi connectivity index (χ3n) is 3.65. The predicted molar refractivity (Wildman–Crippen MR) is 83.8 cm³/mol. The Hall–Kier alpha value is -0.530. The topological polar surface area (TPSA) is 20.2 Å². The summed E-state index contributed by atoms with van der Waals surface area (Å²) in [7, 11) is 0. The highest BCUT2D eigenvalue weighted by Crippen LogP contribution is 2.24. The lowest BCUT2D eigenvalue weighted by molar-refractivity contribution is 0.163. The molecule has 0 fully saturated rings. The van der Waals surface area contributed by atoms with E-state index in [9.17, 15) is 5.11 Å². The molecule has 0 aliphatic heterocycles. The van der Waals surface area contributed by atoms with Crippen molar-refractivity contribution in [3.8, 4) is 0 Å².